The van der Waals surface area contributed by atoms with E-state index in [0.29, 0.717) is 12.3 Å². The van der Waals surface area contributed by atoms with Gasteiger partial charge in [-0.3, -0.25) is 4.79 Å². The molecule has 0 saturated heterocycles. The zero-order chi connectivity index (χ0) is 10.4. The molecule has 0 aliphatic heterocycles. The van der Waals surface area contributed by atoms with Crippen LogP contribution in [0.15, 0.2) is 24.4 Å². The Labute approximate surface area is 82.8 Å². The predicted octanol–water partition coefficient (Wildman–Crippen LogP) is 1.27. The molecule has 0 amide bonds. The lowest BCUT2D eigenvalue weighted by atomic mass is 10.2. The first-order chi connectivity index (χ1) is 6.74. The monoisotopic (exact) mass is 194 g/mol. The van der Waals surface area contributed by atoms with Gasteiger partial charge in [0.15, 0.2) is 0 Å². The van der Waals surface area contributed by atoms with Crippen molar-refractivity contribution in [2.45, 2.75) is 13.3 Å². The van der Waals surface area contributed by atoms with Gasteiger partial charge in [-0.05, 0) is 25.1 Å². The summed E-state index contributed by atoms with van der Waals surface area (Å²) in [6, 6.07) is 3.69. The van der Waals surface area contributed by atoms with Crippen LogP contribution < -0.4 is 5.73 Å². The second kappa shape index (κ2) is 5.11. The van der Waals surface area contributed by atoms with Gasteiger partial charge in [0.05, 0.1) is 24.4 Å². The van der Waals surface area contributed by atoms with Crippen LogP contribution in [0.25, 0.3) is 5.70 Å². The molecule has 1 rings (SSSR count). The molecular formula is C10H14N2O2. The first-order valence-electron chi connectivity index (χ1n) is 4.49. The largest absolute Gasteiger partial charge is 0.466 e. The van der Waals surface area contributed by atoms with Crippen LogP contribution in [0.1, 0.15) is 19.0 Å². The standard InChI is InChI=1S/C10H14N2O2/c1-2-14-10(13)6-5-8(11)9-4-3-7-12-9/h3-5,7,12H,2,6,11H2,1H3/b8-5+. The Hall–Kier alpha value is -1.71. The number of ether oxygens (including phenoxy) is 1. The van der Waals surface area contributed by atoms with Crippen molar-refractivity contribution in [3.63, 3.8) is 0 Å². The molecule has 0 spiro atoms. The van der Waals surface area contributed by atoms with Crippen LogP contribution in [0.2, 0.25) is 0 Å². The summed E-state index contributed by atoms with van der Waals surface area (Å²) in [5, 5.41) is 0. The Kier molecular flexibility index (Phi) is 3.79. The van der Waals surface area contributed by atoms with E-state index in [1.807, 2.05) is 12.1 Å². The summed E-state index contributed by atoms with van der Waals surface area (Å²) < 4.78 is 4.76. The van der Waals surface area contributed by atoms with E-state index in [2.05, 4.69) is 4.98 Å². The Bertz CT molecular complexity index is 315. The van der Waals surface area contributed by atoms with Gasteiger partial charge in [-0.2, -0.15) is 0 Å². The fourth-order valence-corrected chi connectivity index (χ4v) is 1.03. The summed E-state index contributed by atoms with van der Waals surface area (Å²) >= 11 is 0. The normalized spacial score (nSPS) is 11.4. The van der Waals surface area contributed by atoms with E-state index in [1.54, 1.807) is 19.2 Å². The number of hydrogen-bond acceptors (Lipinski definition) is 3. The van der Waals surface area contributed by atoms with Crippen LogP contribution >= 0.6 is 0 Å². The van der Waals surface area contributed by atoms with E-state index < -0.39 is 0 Å². The zero-order valence-corrected chi connectivity index (χ0v) is 8.12. The lowest BCUT2D eigenvalue weighted by molar-refractivity contribution is -0.142. The van der Waals surface area contributed by atoms with Crippen LogP contribution in [0.5, 0.6) is 0 Å². The van der Waals surface area contributed by atoms with Crippen LogP contribution in [-0.2, 0) is 9.53 Å². The third-order valence-electron chi connectivity index (χ3n) is 1.70. The maximum atomic E-state index is 11.0. The summed E-state index contributed by atoms with van der Waals surface area (Å²) in [7, 11) is 0. The van der Waals surface area contributed by atoms with Crippen molar-refractivity contribution in [2.24, 2.45) is 5.73 Å². The molecule has 1 heterocycles. The molecule has 0 aliphatic carbocycles. The van der Waals surface area contributed by atoms with Gasteiger partial charge in [0.2, 0.25) is 0 Å². The minimum Gasteiger partial charge on any atom is -0.466 e. The predicted molar refractivity (Wildman–Crippen MR) is 54.2 cm³/mol. The topological polar surface area (TPSA) is 68.1 Å². The van der Waals surface area contributed by atoms with Gasteiger partial charge in [0, 0.05) is 6.20 Å². The number of carbonyl (C=O) groups is 1. The number of nitrogens with one attached hydrogen (secondary N) is 1. The average Bonchev–Trinajstić information content (AvgIpc) is 2.67. The molecule has 0 saturated carbocycles. The van der Waals surface area contributed by atoms with Gasteiger partial charge >= 0.3 is 5.97 Å². The maximum absolute atomic E-state index is 11.0. The second-order valence-electron chi connectivity index (χ2n) is 2.75. The fourth-order valence-electron chi connectivity index (χ4n) is 1.03. The third-order valence-corrected chi connectivity index (χ3v) is 1.70. The SMILES string of the molecule is CCOC(=O)C/C=C(/N)c1ccc[nH]1. The summed E-state index contributed by atoms with van der Waals surface area (Å²) in [4.78, 5) is 13.9. The van der Waals surface area contributed by atoms with E-state index in [4.69, 9.17) is 10.5 Å². The summed E-state index contributed by atoms with van der Waals surface area (Å²) in [5.74, 6) is -0.262. The Morgan fingerprint density at radius 3 is 3.07 bits per heavy atom. The summed E-state index contributed by atoms with van der Waals surface area (Å²) in [5.41, 5.74) is 7.08. The van der Waals surface area contributed by atoms with Crippen molar-refractivity contribution in [3.8, 4) is 0 Å². The highest BCUT2D eigenvalue weighted by molar-refractivity contribution is 5.74. The van der Waals surface area contributed by atoms with E-state index in [9.17, 15) is 4.79 Å². The number of nitrogens with two attached hydrogens (primary N) is 1. The van der Waals surface area contributed by atoms with Gasteiger partial charge in [-0.15, -0.1) is 0 Å². The van der Waals surface area contributed by atoms with E-state index in [1.165, 1.54) is 0 Å². The molecule has 0 bridgehead atoms. The molecule has 14 heavy (non-hydrogen) atoms. The maximum Gasteiger partial charge on any atom is 0.309 e. The minimum atomic E-state index is -0.262. The molecule has 3 N–H and O–H groups in total. The zero-order valence-electron chi connectivity index (χ0n) is 8.12. The Morgan fingerprint density at radius 2 is 2.50 bits per heavy atom. The number of carbonyl (C=O) groups excluding carboxylic acids is 1. The van der Waals surface area contributed by atoms with E-state index in [0.717, 1.165) is 5.69 Å². The van der Waals surface area contributed by atoms with E-state index >= 15 is 0 Å². The van der Waals surface area contributed by atoms with Crippen molar-refractivity contribution in [3.05, 3.63) is 30.1 Å². The van der Waals surface area contributed by atoms with Crippen LogP contribution in [-0.4, -0.2) is 17.6 Å². The molecular weight excluding hydrogens is 180 g/mol. The number of aromatic amines is 1. The molecule has 0 fully saturated rings. The van der Waals surface area contributed by atoms with Crippen molar-refractivity contribution in [1.82, 2.24) is 4.98 Å². The van der Waals surface area contributed by atoms with Crippen LogP contribution in [0.4, 0.5) is 0 Å². The highest BCUT2D eigenvalue weighted by Crippen LogP contribution is 2.05. The Morgan fingerprint density at radius 1 is 1.71 bits per heavy atom. The molecule has 0 aromatic carbocycles. The van der Waals surface area contributed by atoms with Gasteiger partial charge in [-0.25, -0.2) is 0 Å². The average molecular weight is 194 g/mol. The van der Waals surface area contributed by atoms with Gasteiger partial charge in [0.1, 0.15) is 0 Å². The molecule has 0 radical (unpaired) electrons. The van der Waals surface area contributed by atoms with Crippen molar-refractivity contribution in [1.29, 1.82) is 0 Å². The molecule has 1 aromatic heterocycles. The Balaban J connectivity index is 2.49. The number of rotatable bonds is 4. The molecule has 0 aliphatic rings. The number of aromatic nitrogens is 1. The van der Waals surface area contributed by atoms with Gasteiger partial charge < -0.3 is 15.5 Å². The fraction of sp³-hybridized carbons (Fsp3) is 0.300. The molecule has 4 nitrogen and oxygen atoms in total. The third kappa shape index (κ3) is 2.97. The molecule has 0 atom stereocenters. The number of esters is 1. The quantitative estimate of drug-likeness (QED) is 0.709. The van der Waals surface area contributed by atoms with Crippen molar-refractivity contribution in [2.75, 3.05) is 6.61 Å². The smallest absolute Gasteiger partial charge is 0.309 e. The van der Waals surface area contributed by atoms with Crippen molar-refractivity contribution >= 4 is 11.7 Å². The van der Waals surface area contributed by atoms with Gasteiger partial charge in [-0.1, -0.05) is 0 Å². The first kappa shape index (κ1) is 10.4. The first-order valence-corrected chi connectivity index (χ1v) is 4.49. The minimum absolute atomic E-state index is 0.207. The number of hydrogen-bond donors (Lipinski definition) is 2. The van der Waals surface area contributed by atoms with E-state index in [-0.39, 0.29) is 12.4 Å². The summed E-state index contributed by atoms with van der Waals surface area (Å²) in [6.07, 6.45) is 3.63. The highest BCUT2D eigenvalue weighted by atomic mass is 16.5. The molecule has 4 heteroatoms. The van der Waals surface area contributed by atoms with Gasteiger partial charge in [0.25, 0.3) is 0 Å². The molecule has 1 aromatic rings. The van der Waals surface area contributed by atoms with Crippen LogP contribution in [0.3, 0.4) is 0 Å². The van der Waals surface area contributed by atoms with Crippen LogP contribution in [0, 0.1) is 0 Å². The highest BCUT2D eigenvalue weighted by Gasteiger charge is 2.00. The second-order valence-corrected chi connectivity index (χ2v) is 2.75. The number of H-pyrrole nitrogens is 1. The summed E-state index contributed by atoms with van der Waals surface area (Å²) in [6.45, 7) is 2.17. The molecule has 76 valence electrons. The lowest BCUT2D eigenvalue weighted by Gasteiger charge is -1.99. The molecule has 0 unspecified atom stereocenters. The van der Waals surface area contributed by atoms with Crippen molar-refractivity contribution < 1.29 is 9.53 Å². The lowest BCUT2D eigenvalue weighted by Crippen LogP contribution is -2.04.